The maximum atomic E-state index is 13.5. The molecule has 0 fully saturated rings. The fourth-order valence-corrected chi connectivity index (χ4v) is 3.86. The second-order valence-corrected chi connectivity index (χ2v) is 8.94. The Morgan fingerprint density at radius 1 is 0.917 bits per heavy atom. The van der Waals surface area contributed by atoms with Crippen molar-refractivity contribution in [3.8, 4) is 5.75 Å². The second-order valence-electron chi connectivity index (χ2n) is 8.94. The molecule has 5 nitrogen and oxygen atoms in total. The summed E-state index contributed by atoms with van der Waals surface area (Å²) in [5.41, 5.74) is 1.73. The van der Waals surface area contributed by atoms with E-state index in [4.69, 9.17) is 4.74 Å². The molecule has 3 aromatic rings. The van der Waals surface area contributed by atoms with Gasteiger partial charge in [0.25, 0.3) is 0 Å². The molecule has 2 atom stereocenters. The smallest absolute Gasteiger partial charge is 0.243 e. The van der Waals surface area contributed by atoms with Crippen molar-refractivity contribution in [3.05, 3.63) is 102 Å². The molecule has 6 heteroatoms. The molecule has 0 heterocycles. The monoisotopic (exact) mass is 490 g/mol. The molecule has 2 amide bonds. The fraction of sp³-hybridized carbons (Fsp3) is 0.333. The van der Waals surface area contributed by atoms with Gasteiger partial charge in [-0.25, -0.2) is 4.39 Å². The summed E-state index contributed by atoms with van der Waals surface area (Å²) in [6, 6.07) is 24.5. The highest BCUT2D eigenvalue weighted by Crippen LogP contribution is 2.18. The third-order valence-electron chi connectivity index (χ3n) is 6.09. The van der Waals surface area contributed by atoms with Crippen LogP contribution < -0.4 is 10.1 Å². The first kappa shape index (κ1) is 26.9. The number of carbonyl (C=O) groups excluding carboxylic acids is 2. The number of carbonyl (C=O) groups is 2. The Hall–Kier alpha value is -3.67. The Kier molecular flexibility index (Phi) is 10.5. The third-order valence-corrected chi connectivity index (χ3v) is 6.09. The summed E-state index contributed by atoms with van der Waals surface area (Å²) in [4.78, 5) is 28.6. The summed E-state index contributed by atoms with van der Waals surface area (Å²) < 4.78 is 19.3. The first-order valence-corrected chi connectivity index (χ1v) is 12.5. The quantitative estimate of drug-likeness (QED) is 0.320. The second kappa shape index (κ2) is 14.0. The van der Waals surface area contributed by atoms with Crippen LogP contribution in [0.1, 0.15) is 44.2 Å². The molecular weight excluding hydrogens is 455 g/mol. The van der Waals surface area contributed by atoms with Crippen molar-refractivity contribution >= 4 is 11.8 Å². The van der Waals surface area contributed by atoms with Gasteiger partial charge in [0.15, 0.2) is 0 Å². The molecule has 0 aromatic heterocycles. The van der Waals surface area contributed by atoms with Gasteiger partial charge in [0, 0.05) is 25.4 Å². The van der Waals surface area contributed by atoms with Crippen molar-refractivity contribution in [3.63, 3.8) is 0 Å². The SMILES string of the molecule is CC[C@@H](C)NC(=O)[C@H](Cc1ccccc1)N(Cc1ccc(F)cc1)C(=O)CCCOc1ccccc1. The molecule has 1 N–H and O–H groups in total. The van der Waals surface area contributed by atoms with Crippen molar-refractivity contribution in [2.75, 3.05) is 6.61 Å². The summed E-state index contributed by atoms with van der Waals surface area (Å²) in [6.07, 6.45) is 1.91. The van der Waals surface area contributed by atoms with Gasteiger partial charge in [-0.3, -0.25) is 9.59 Å². The van der Waals surface area contributed by atoms with Crippen LogP contribution in [0.4, 0.5) is 4.39 Å². The van der Waals surface area contributed by atoms with Crippen LogP contribution in [0.15, 0.2) is 84.9 Å². The lowest BCUT2D eigenvalue weighted by Crippen LogP contribution is -2.52. The number of para-hydroxylation sites is 1. The molecular formula is C30H35FN2O3. The minimum absolute atomic E-state index is 0.0159. The minimum atomic E-state index is -0.700. The number of benzene rings is 3. The van der Waals surface area contributed by atoms with Crippen LogP contribution in [-0.4, -0.2) is 35.4 Å². The Balaban J connectivity index is 1.80. The Bertz CT molecular complexity index is 1070. The summed E-state index contributed by atoms with van der Waals surface area (Å²) >= 11 is 0. The fourth-order valence-electron chi connectivity index (χ4n) is 3.86. The molecule has 0 aliphatic heterocycles. The van der Waals surface area contributed by atoms with Crippen molar-refractivity contribution in [1.82, 2.24) is 10.2 Å². The van der Waals surface area contributed by atoms with Crippen molar-refractivity contribution in [2.45, 2.75) is 58.2 Å². The van der Waals surface area contributed by atoms with Crippen LogP contribution in [0, 0.1) is 5.82 Å². The average molecular weight is 491 g/mol. The summed E-state index contributed by atoms with van der Waals surface area (Å²) in [5, 5.41) is 3.05. The number of halogens is 1. The zero-order chi connectivity index (χ0) is 25.8. The molecule has 190 valence electrons. The van der Waals surface area contributed by atoms with Gasteiger partial charge in [0.1, 0.15) is 17.6 Å². The molecule has 0 radical (unpaired) electrons. The van der Waals surface area contributed by atoms with Gasteiger partial charge in [-0.2, -0.15) is 0 Å². The van der Waals surface area contributed by atoms with Crippen molar-refractivity contribution in [2.24, 2.45) is 0 Å². The molecule has 0 saturated heterocycles. The van der Waals surface area contributed by atoms with Gasteiger partial charge < -0.3 is 15.0 Å². The Morgan fingerprint density at radius 2 is 1.56 bits per heavy atom. The van der Waals surface area contributed by atoms with E-state index >= 15 is 0 Å². The number of hydrogen-bond acceptors (Lipinski definition) is 3. The molecule has 0 bridgehead atoms. The van der Waals surface area contributed by atoms with Crippen LogP contribution >= 0.6 is 0 Å². The van der Waals surface area contributed by atoms with Crippen LogP contribution in [0.5, 0.6) is 5.75 Å². The Labute approximate surface area is 213 Å². The Morgan fingerprint density at radius 3 is 2.19 bits per heavy atom. The zero-order valence-electron chi connectivity index (χ0n) is 21.0. The number of rotatable bonds is 13. The largest absolute Gasteiger partial charge is 0.494 e. The number of hydrogen-bond donors (Lipinski definition) is 1. The summed E-state index contributed by atoms with van der Waals surface area (Å²) in [7, 11) is 0. The minimum Gasteiger partial charge on any atom is -0.494 e. The van der Waals surface area contributed by atoms with Gasteiger partial charge in [0.2, 0.25) is 11.8 Å². The first-order valence-electron chi connectivity index (χ1n) is 12.5. The molecule has 36 heavy (non-hydrogen) atoms. The number of amides is 2. The average Bonchev–Trinajstić information content (AvgIpc) is 2.90. The van der Waals surface area contributed by atoms with Crippen LogP contribution in [0.3, 0.4) is 0 Å². The number of nitrogens with one attached hydrogen (secondary N) is 1. The van der Waals surface area contributed by atoms with E-state index in [9.17, 15) is 14.0 Å². The first-order chi connectivity index (χ1) is 17.5. The third kappa shape index (κ3) is 8.52. The van der Waals surface area contributed by atoms with E-state index < -0.39 is 6.04 Å². The predicted octanol–water partition coefficient (Wildman–Crippen LogP) is 5.54. The summed E-state index contributed by atoms with van der Waals surface area (Å²) in [6.45, 7) is 4.56. The van der Waals surface area contributed by atoms with E-state index in [1.807, 2.05) is 74.5 Å². The van der Waals surface area contributed by atoms with Crippen LogP contribution in [0.25, 0.3) is 0 Å². The normalized spacial score (nSPS) is 12.4. The van der Waals surface area contributed by atoms with Gasteiger partial charge in [-0.05, 0) is 55.2 Å². The molecule has 0 unspecified atom stereocenters. The molecule has 0 aliphatic carbocycles. The lowest BCUT2D eigenvalue weighted by molar-refractivity contribution is -0.141. The van der Waals surface area contributed by atoms with Crippen LogP contribution in [0.2, 0.25) is 0 Å². The van der Waals surface area contributed by atoms with Gasteiger partial charge >= 0.3 is 0 Å². The van der Waals surface area contributed by atoms with E-state index in [0.29, 0.717) is 19.4 Å². The molecule has 0 spiro atoms. The maximum Gasteiger partial charge on any atom is 0.243 e. The molecule has 0 saturated carbocycles. The standard InChI is InChI=1S/C30H35FN2O3/c1-3-23(2)32-30(35)28(21-24-11-6-4-7-12-24)33(22-25-16-18-26(31)19-17-25)29(34)15-10-20-36-27-13-8-5-9-14-27/h4-9,11-14,16-19,23,28H,3,10,15,20-22H2,1-2H3,(H,32,35)/t23-,28+/m1/s1. The van der Waals surface area contributed by atoms with Crippen molar-refractivity contribution in [1.29, 1.82) is 0 Å². The highest BCUT2D eigenvalue weighted by atomic mass is 19.1. The van der Waals surface area contributed by atoms with Gasteiger partial charge in [-0.1, -0.05) is 67.6 Å². The lowest BCUT2D eigenvalue weighted by Gasteiger charge is -2.32. The zero-order valence-corrected chi connectivity index (χ0v) is 21.0. The van der Waals surface area contributed by atoms with E-state index in [2.05, 4.69) is 5.32 Å². The maximum absolute atomic E-state index is 13.5. The van der Waals surface area contributed by atoms with E-state index in [-0.39, 0.29) is 36.6 Å². The molecule has 3 aromatic carbocycles. The van der Waals surface area contributed by atoms with Gasteiger partial charge in [-0.15, -0.1) is 0 Å². The lowest BCUT2D eigenvalue weighted by atomic mass is 10.0. The molecule has 3 rings (SSSR count). The number of nitrogens with zero attached hydrogens (tertiary/aromatic N) is 1. The van der Waals surface area contributed by atoms with E-state index in [1.54, 1.807) is 17.0 Å². The summed E-state index contributed by atoms with van der Waals surface area (Å²) in [5.74, 6) is 0.0773. The predicted molar refractivity (Wildman–Crippen MR) is 140 cm³/mol. The van der Waals surface area contributed by atoms with Crippen LogP contribution in [-0.2, 0) is 22.6 Å². The van der Waals surface area contributed by atoms with E-state index in [1.165, 1.54) is 12.1 Å². The van der Waals surface area contributed by atoms with E-state index in [0.717, 1.165) is 23.3 Å². The highest BCUT2D eigenvalue weighted by Gasteiger charge is 2.30. The number of ether oxygens (including phenoxy) is 1. The van der Waals surface area contributed by atoms with Crippen molar-refractivity contribution < 1.29 is 18.7 Å². The topological polar surface area (TPSA) is 58.6 Å². The van der Waals surface area contributed by atoms with Gasteiger partial charge in [0.05, 0.1) is 6.61 Å². The highest BCUT2D eigenvalue weighted by molar-refractivity contribution is 5.88. The molecule has 0 aliphatic rings.